The molecular weight excluding hydrogens is 208 g/mol. The molecule has 0 saturated heterocycles. The van der Waals surface area contributed by atoms with E-state index in [1.165, 1.54) is 26.1 Å². The van der Waals surface area contributed by atoms with Crippen molar-refractivity contribution < 1.29 is 5.11 Å². The number of nitrogen functional groups attached to an aromatic ring is 1. The van der Waals surface area contributed by atoms with Crippen LogP contribution in [0.15, 0.2) is 23.1 Å². The first-order chi connectivity index (χ1) is 7.36. The number of aromatic nitrogens is 2. The summed E-state index contributed by atoms with van der Waals surface area (Å²) in [6, 6.07) is 3.19. The Bertz CT molecular complexity index is 517. The fourth-order valence-electron chi connectivity index (χ4n) is 1.20. The molecule has 1 aromatic heterocycles. The summed E-state index contributed by atoms with van der Waals surface area (Å²) in [4.78, 5) is 15.0. The van der Waals surface area contributed by atoms with E-state index in [-0.39, 0.29) is 11.5 Å². The third-order valence-electron chi connectivity index (χ3n) is 1.91. The van der Waals surface area contributed by atoms with E-state index < -0.39 is 11.3 Å². The van der Waals surface area contributed by atoms with E-state index in [1.807, 2.05) is 0 Å². The molecule has 3 N–H and O–H groups in total. The molecule has 1 aromatic rings. The van der Waals surface area contributed by atoms with Gasteiger partial charge in [0.2, 0.25) is 0 Å². The molecule has 0 amide bonds. The fourth-order valence-corrected chi connectivity index (χ4v) is 1.20. The third kappa shape index (κ3) is 2.46. The molecule has 0 radical (unpaired) electrons. The molecule has 0 unspecified atom stereocenters. The SMILES string of the molecule is CC(C)(O)/C(=C/C#N)n1ccc(N)nc1=O. The van der Waals surface area contributed by atoms with Gasteiger partial charge in [0.15, 0.2) is 0 Å². The van der Waals surface area contributed by atoms with E-state index in [2.05, 4.69) is 4.98 Å². The van der Waals surface area contributed by atoms with Crippen molar-refractivity contribution in [3.8, 4) is 6.07 Å². The number of nitrogens with zero attached hydrogens (tertiary/aromatic N) is 3. The molecule has 1 heterocycles. The van der Waals surface area contributed by atoms with E-state index in [4.69, 9.17) is 11.0 Å². The minimum Gasteiger partial charge on any atom is -0.384 e. The molecule has 0 atom stereocenters. The summed E-state index contributed by atoms with van der Waals surface area (Å²) in [5.74, 6) is 0.0910. The molecule has 0 aliphatic heterocycles. The van der Waals surface area contributed by atoms with Gasteiger partial charge in [-0.15, -0.1) is 0 Å². The molecule has 0 saturated carbocycles. The van der Waals surface area contributed by atoms with E-state index in [1.54, 1.807) is 6.07 Å². The van der Waals surface area contributed by atoms with E-state index in [0.717, 1.165) is 10.6 Å². The molecule has 16 heavy (non-hydrogen) atoms. The minimum absolute atomic E-state index is 0.0910. The standard InChI is InChI=1S/C10H12N4O2/c1-10(2,16)7(3-5-11)14-6-4-8(12)13-9(14)15/h3-4,6,16H,1-2H3,(H2,12,13,15)/b7-3-. The molecule has 0 aliphatic rings. The number of aliphatic hydroxyl groups is 1. The van der Waals surface area contributed by atoms with Gasteiger partial charge in [0.25, 0.3) is 0 Å². The molecule has 6 nitrogen and oxygen atoms in total. The summed E-state index contributed by atoms with van der Waals surface area (Å²) < 4.78 is 1.08. The van der Waals surface area contributed by atoms with Crippen LogP contribution in [0.3, 0.4) is 0 Å². The number of allylic oxidation sites excluding steroid dienone is 1. The number of anilines is 1. The smallest absolute Gasteiger partial charge is 0.353 e. The van der Waals surface area contributed by atoms with Gasteiger partial charge in [-0.2, -0.15) is 10.2 Å². The van der Waals surface area contributed by atoms with Gasteiger partial charge in [0.1, 0.15) is 11.4 Å². The Morgan fingerprint density at radius 3 is 2.81 bits per heavy atom. The molecule has 0 fully saturated rings. The predicted molar refractivity (Wildman–Crippen MR) is 59.1 cm³/mol. The lowest BCUT2D eigenvalue weighted by molar-refractivity contribution is 0.137. The van der Waals surface area contributed by atoms with Gasteiger partial charge in [-0.25, -0.2) is 4.79 Å². The quantitative estimate of drug-likeness (QED) is 0.680. The molecule has 84 valence electrons. The average molecular weight is 220 g/mol. The number of hydrogen-bond acceptors (Lipinski definition) is 5. The Kier molecular flexibility index (Phi) is 3.11. The van der Waals surface area contributed by atoms with Crippen molar-refractivity contribution in [3.63, 3.8) is 0 Å². The highest BCUT2D eigenvalue weighted by Crippen LogP contribution is 2.18. The van der Waals surface area contributed by atoms with Gasteiger partial charge in [-0.05, 0) is 19.9 Å². The maximum Gasteiger partial charge on any atom is 0.353 e. The van der Waals surface area contributed by atoms with Gasteiger partial charge >= 0.3 is 5.69 Å². The zero-order valence-electron chi connectivity index (χ0n) is 9.01. The topological polar surface area (TPSA) is 105 Å². The van der Waals surface area contributed by atoms with Crippen LogP contribution in [0.2, 0.25) is 0 Å². The van der Waals surface area contributed by atoms with Crippen molar-refractivity contribution in [2.75, 3.05) is 5.73 Å². The average Bonchev–Trinajstić information content (AvgIpc) is 2.13. The van der Waals surface area contributed by atoms with Crippen molar-refractivity contribution in [2.24, 2.45) is 0 Å². The van der Waals surface area contributed by atoms with Gasteiger partial charge in [-0.1, -0.05) is 0 Å². The van der Waals surface area contributed by atoms with Crippen LogP contribution >= 0.6 is 0 Å². The lowest BCUT2D eigenvalue weighted by Crippen LogP contribution is -2.32. The lowest BCUT2D eigenvalue weighted by atomic mass is 10.0. The van der Waals surface area contributed by atoms with Crippen molar-refractivity contribution in [1.82, 2.24) is 9.55 Å². The normalized spacial score (nSPS) is 12.2. The van der Waals surface area contributed by atoms with Crippen molar-refractivity contribution in [2.45, 2.75) is 19.4 Å². The Morgan fingerprint density at radius 1 is 1.75 bits per heavy atom. The number of nitriles is 1. The van der Waals surface area contributed by atoms with Crippen LogP contribution < -0.4 is 11.4 Å². The highest BCUT2D eigenvalue weighted by atomic mass is 16.3. The maximum atomic E-state index is 11.5. The fraction of sp³-hybridized carbons (Fsp3) is 0.300. The zero-order valence-corrected chi connectivity index (χ0v) is 9.01. The van der Waals surface area contributed by atoms with Crippen molar-refractivity contribution in [1.29, 1.82) is 5.26 Å². The molecular formula is C10H12N4O2. The highest BCUT2D eigenvalue weighted by Gasteiger charge is 2.22. The second-order valence-corrected chi connectivity index (χ2v) is 3.72. The van der Waals surface area contributed by atoms with Gasteiger partial charge in [-0.3, -0.25) is 4.57 Å². The van der Waals surface area contributed by atoms with E-state index in [9.17, 15) is 9.90 Å². The van der Waals surface area contributed by atoms with Crippen LogP contribution in [0.1, 0.15) is 13.8 Å². The van der Waals surface area contributed by atoms with Crippen LogP contribution in [0.25, 0.3) is 5.70 Å². The Balaban J connectivity index is 3.42. The summed E-state index contributed by atoms with van der Waals surface area (Å²) in [5.41, 5.74) is 3.53. The van der Waals surface area contributed by atoms with Gasteiger partial charge in [0.05, 0.1) is 11.8 Å². The van der Waals surface area contributed by atoms with Crippen LogP contribution in [-0.4, -0.2) is 20.3 Å². The summed E-state index contributed by atoms with van der Waals surface area (Å²) >= 11 is 0. The predicted octanol–water partition coefficient (Wildman–Crippen LogP) is -0.0391. The number of rotatable bonds is 2. The molecule has 0 aromatic carbocycles. The second kappa shape index (κ2) is 4.16. The van der Waals surface area contributed by atoms with Crippen molar-refractivity contribution >= 4 is 11.5 Å². The summed E-state index contributed by atoms with van der Waals surface area (Å²) in [6.07, 6.45) is 2.46. The molecule has 1 rings (SSSR count). The monoisotopic (exact) mass is 220 g/mol. The Hall–Kier alpha value is -2.13. The first-order valence-electron chi connectivity index (χ1n) is 4.54. The first-order valence-corrected chi connectivity index (χ1v) is 4.54. The van der Waals surface area contributed by atoms with Crippen molar-refractivity contribution in [3.05, 3.63) is 28.8 Å². The minimum atomic E-state index is -1.32. The third-order valence-corrected chi connectivity index (χ3v) is 1.91. The molecule has 0 bridgehead atoms. The highest BCUT2D eigenvalue weighted by molar-refractivity contribution is 5.56. The van der Waals surface area contributed by atoms with E-state index in [0.29, 0.717) is 0 Å². The largest absolute Gasteiger partial charge is 0.384 e. The second-order valence-electron chi connectivity index (χ2n) is 3.72. The van der Waals surface area contributed by atoms with Gasteiger partial charge < -0.3 is 10.8 Å². The number of hydrogen-bond donors (Lipinski definition) is 2. The first kappa shape index (κ1) is 11.9. The summed E-state index contributed by atoms with van der Waals surface area (Å²) in [5, 5.41) is 18.4. The van der Waals surface area contributed by atoms with Gasteiger partial charge in [0, 0.05) is 12.3 Å². The Morgan fingerprint density at radius 2 is 2.38 bits per heavy atom. The van der Waals surface area contributed by atoms with E-state index >= 15 is 0 Å². The molecule has 0 spiro atoms. The molecule has 6 heteroatoms. The maximum absolute atomic E-state index is 11.5. The summed E-state index contributed by atoms with van der Waals surface area (Å²) in [7, 11) is 0. The Labute approximate surface area is 92.3 Å². The molecule has 0 aliphatic carbocycles. The van der Waals surface area contributed by atoms with Crippen LogP contribution in [-0.2, 0) is 0 Å². The van der Waals surface area contributed by atoms with Crippen LogP contribution in [0.4, 0.5) is 5.82 Å². The summed E-state index contributed by atoms with van der Waals surface area (Å²) in [6.45, 7) is 2.94. The zero-order chi connectivity index (χ0) is 12.3. The van der Waals surface area contributed by atoms with Crippen LogP contribution in [0.5, 0.6) is 0 Å². The lowest BCUT2D eigenvalue weighted by Gasteiger charge is -2.21. The van der Waals surface area contributed by atoms with Crippen LogP contribution in [0, 0.1) is 11.3 Å². The number of nitrogens with two attached hydrogens (primary N) is 1.